The van der Waals surface area contributed by atoms with Crippen LogP contribution in [0.3, 0.4) is 0 Å². The van der Waals surface area contributed by atoms with Crippen LogP contribution < -0.4 is 41.5 Å². The minimum absolute atomic E-state index is 0.360. The first-order valence-electron chi connectivity index (χ1n) is 24.4. The van der Waals surface area contributed by atoms with Crippen molar-refractivity contribution in [3.05, 3.63) is 243 Å². The van der Waals surface area contributed by atoms with E-state index in [1.54, 1.807) is 48.5 Å². The first-order valence-corrected chi connectivity index (χ1v) is 42.8. The van der Waals surface area contributed by atoms with E-state index in [0.29, 0.717) is 41.5 Å². The maximum absolute atomic E-state index is 13.7. The molecule has 6 fully saturated rings. The van der Waals surface area contributed by atoms with Gasteiger partial charge in [-0.2, -0.15) is 0 Å². The molecular weight excluding hydrogens is 1140 g/mol. The average molecular weight is 1190 g/mol. The molecule has 8 bridgehead atoms. The van der Waals surface area contributed by atoms with Gasteiger partial charge in [0.1, 0.15) is 0 Å². The highest BCUT2D eigenvalue weighted by Crippen LogP contribution is 2.46. The molecule has 0 atom stereocenters. The predicted molar refractivity (Wildman–Crippen MR) is 298 cm³/mol. The molecule has 0 aromatic heterocycles. The zero-order valence-electron chi connectivity index (χ0n) is 40.7. The normalized spacial score (nSPS) is 35.9. The van der Waals surface area contributed by atoms with Gasteiger partial charge in [-0.05, 0) is 0 Å². The molecular formula is C50H48O16Si10. The van der Waals surface area contributed by atoms with Crippen molar-refractivity contribution in [3.8, 4) is 0 Å². The van der Waals surface area contributed by atoms with Gasteiger partial charge in [-0.15, -0.1) is 0 Å². The monoisotopic (exact) mass is 1180 g/mol. The molecule has 384 valence electrons. The van der Waals surface area contributed by atoms with Gasteiger partial charge in [0, 0.05) is 54.6 Å². The molecule has 76 heavy (non-hydrogen) atoms. The Balaban J connectivity index is 1.31. The van der Waals surface area contributed by atoms with E-state index in [4.69, 9.17) is 57.6 Å². The Morgan fingerprint density at radius 2 is 0.289 bits per heavy atom. The Hall–Kier alpha value is -4.71. The van der Waals surface area contributed by atoms with Crippen LogP contribution in [0.5, 0.6) is 0 Å². The van der Waals surface area contributed by atoms with E-state index >= 15 is 0 Å². The van der Waals surface area contributed by atoms with Crippen LogP contribution in [-0.4, -0.2) is 97.6 Å². The summed E-state index contributed by atoms with van der Waals surface area (Å²) in [6.07, 6.45) is 0. The van der Waals surface area contributed by atoms with Gasteiger partial charge in [0.2, 0.25) is 0 Å². The number of fused-ring (bicyclic) bond motifs is 4. The predicted octanol–water partition coefficient (Wildman–Crippen LogP) is 2.18. The number of benzene rings is 8. The van der Waals surface area contributed by atoms with Crippen LogP contribution in [0, 0.1) is 0 Å². The molecule has 14 rings (SSSR count). The average Bonchev–Trinajstić information content (AvgIpc) is 3.47. The second kappa shape index (κ2) is 19.0. The SMILES string of the molecule is C[Si]1(O)O[Si]2(c3ccccc3)O[Si]3(c4ccccc4)O[Si]4(c5ccccc5)O[Si](C)(O)O[Si]5(c6ccccc6)O[Si](c6ccccc6)(O[Si](c6ccccc6)(O1)O[Si](c1ccccc1)(O5)O[Si](c1ccccc1)(O2)O4)O3. The summed E-state index contributed by atoms with van der Waals surface area (Å²) in [5.41, 5.74) is 0. The van der Waals surface area contributed by atoms with Gasteiger partial charge in [-0.25, -0.2) is 0 Å². The summed E-state index contributed by atoms with van der Waals surface area (Å²) in [7, 11) is -51.5. The van der Waals surface area contributed by atoms with Crippen LogP contribution in [0.25, 0.3) is 0 Å². The van der Waals surface area contributed by atoms with Crippen molar-refractivity contribution in [1.82, 2.24) is 0 Å². The molecule has 0 radical (unpaired) electrons. The second-order valence-corrected chi connectivity index (χ2v) is 47.1. The van der Waals surface area contributed by atoms with Crippen LogP contribution >= 0.6 is 0 Å². The highest BCUT2D eigenvalue weighted by Gasteiger charge is 2.83. The van der Waals surface area contributed by atoms with Crippen molar-refractivity contribution in [2.75, 3.05) is 0 Å². The van der Waals surface area contributed by atoms with E-state index in [1.807, 2.05) is 194 Å². The molecule has 0 amide bonds. The van der Waals surface area contributed by atoms with Gasteiger partial charge in [0.25, 0.3) is 0 Å². The molecule has 8 aromatic rings. The molecule has 26 heteroatoms. The zero-order chi connectivity index (χ0) is 51.8. The lowest BCUT2D eigenvalue weighted by atomic mass is 10.4. The van der Waals surface area contributed by atoms with E-state index < -0.39 is 88.0 Å². The summed E-state index contributed by atoms with van der Waals surface area (Å²) in [4.78, 5) is 27.4. The lowest BCUT2D eigenvalue weighted by Crippen LogP contribution is -2.93. The van der Waals surface area contributed by atoms with Gasteiger partial charge < -0.3 is 67.2 Å². The van der Waals surface area contributed by atoms with Gasteiger partial charge in [-0.1, -0.05) is 243 Å². The number of hydrogen-bond acceptors (Lipinski definition) is 16. The molecule has 2 N–H and O–H groups in total. The summed E-state index contributed by atoms with van der Waals surface area (Å²) in [6, 6.07) is 72.7. The van der Waals surface area contributed by atoms with Gasteiger partial charge in [0.15, 0.2) is 0 Å². The number of rotatable bonds is 8. The first-order chi connectivity index (χ1) is 36.7. The van der Waals surface area contributed by atoms with E-state index in [9.17, 15) is 9.59 Å². The summed E-state index contributed by atoms with van der Waals surface area (Å²) in [5.74, 6) is 0. The van der Waals surface area contributed by atoms with Gasteiger partial charge in [0.05, 0.1) is 0 Å². The minimum Gasteiger partial charge on any atom is -0.391 e. The summed E-state index contributed by atoms with van der Waals surface area (Å²) < 4.78 is 111. The molecule has 16 nitrogen and oxygen atoms in total. The van der Waals surface area contributed by atoms with E-state index in [-0.39, 0.29) is 0 Å². The van der Waals surface area contributed by atoms with Crippen molar-refractivity contribution >= 4 is 130 Å². The Kier molecular flexibility index (Phi) is 12.7. The highest BCUT2D eigenvalue weighted by molar-refractivity contribution is 7.12. The standard InChI is InChI=1S/C50H48O16Si10/c1-67(51)53-69(43-27-11-3-12-28-43)57-73(47-35-19-7-20-36-47)61-71(45-31-15-5-16-32-45)55-68(2,52)56-72(46-33-17-6-18-34-46)63-75(65-73,49-39-23-9-24-40-49)59-70(54-67,44-29-13-4-14-30-44)60-76(64-72,50-41-25-10-26-42-50)66-74(58-69,62-71)48-37-21-8-22-38-48/h3-42,51-52H,1-2H3. The topological polar surface area (TPSA) is 170 Å². The van der Waals surface area contributed by atoms with Crippen LogP contribution in [-0.2, 0) is 57.6 Å². The molecule has 6 heterocycles. The highest BCUT2D eigenvalue weighted by atomic mass is 28.6. The van der Waals surface area contributed by atoms with E-state index in [0.717, 1.165) is 0 Å². The van der Waals surface area contributed by atoms with Gasteiger partial charge >= 0.3 is 88.0 Å². The summed E-state index contributed by atoms with van der Waals surface area (Å²) in [5, 5.41) is 2.88. The summed E-state index contributed by atoms with van der Waals surface area (Å²) in [6.45, 7) is 2.96. The third kappa shape index (κ3) is 8.83. The van der Waals surface area contributed by atoms with Crippen molar-refractivity contribution in [2.24, 2.45) is 0 Å². The fourth-order valence-electron chi connectivity index (χ4n) is 9.86. The summed E-state index contributed by atoms with van der Waals surface area (Å²) >= 11 is 0. The fourth-order valence-corrected chi connectivity index (χ4v) is 62.2. The van der Waals surface area contributed by atoms with Crippen molar-refractivity contribution in [3.63, 3.8) is 0 Å². The maximum atomic E-state index is 13.7. The van der Waals surface area contributed by atoms with Crippen molar-refractivity contribution in [1.29, 1.82) is 0 Å². The largest absolute Gasteiger partial charge is 0.515 e. The molecule has 6 aliphatic heterocycles. The van der Waals surface area contributed by atoms with E-state index in [1.165, 1.54) is 13.1 Å². The Morgan fingerprint density at radius 3 is 0.408 bits per heavy atom. The quantitative estimate of drug-likeness (QED) is 0.212. The fraction of sp³-hybridized carbons (Fsp3) is 0.0400. The van der Waals surface area contributed by atoms with E-state index in [2.05, 4.69) is 0 Å². The third-order valence-electron chi connectivity index (χ3n) is 13.0. The molecule has 0 unspecified atom stereocenters. The molecule has 0 aliphatic carbocycles. The lowest BCUT2D eigenvalue weighted by Gasteiger charge is -2.60. The minimum atomic E-state index is -5.26. The zero-order valence-corrected chi connectivity index (χ0v) is 50.7. The van der Waals surface area contributed by atoms with Gasteiger partial charge in [-0.3, -0.25) is 0 Å². The molecule has 0 spiro atoms. The van der Waals surface area contributed by atoms with Crippen molar-refractivity contribution < 1.29 is 67.2 Å². The third-order valence-corrected chi connectivity index (χ3v) is 53.2. The second-order valence-electron chi connectivity index (χ2n) is 18.6. The van der Waals surface area contributed by atoms with Crippen LogP contribution in [0.15, 0.2) is 243 Å². The Morgan fingerprint density at radius 1 is 0.184 bits per heavy atom. The molecule has 8 aromatic carbocycles. The van der Waals surface area contributed by atoms with Crippen molar-refractivity contribution in [2.45, 2.75) is 13.1 Å². The first kappa shape index (κ1) is 50.8. The molecule has 6 aliphatic rings. The smallest absolute Gasteiger partial charge is 0.391 e. The lowest BCUT2D eigenvalue weighted by molar-refractivity contribution is 0.0130. The Bertz CT molecular complexity index is 2870. The van der Waals surface area contributed by atoms with Crippen LogP contribution in [0.1, 0.15) is 0 Å². The maximum Gasteiger partial charge on any atom is 0.515 e. The Labute approximate surface area is 449 Å². The molecule has 0 saturated carbocycles. The molecule has 6 saturated heterocycles. The van der Waals surface area contributed by atoms with Crippen LogP contribution in [0.4, 0.5) is 0 Å². The number of hydrogen-bond donors (Lipinski definition) is 2. The van der Waals surface area contributed by atoms with Crippen LogP contribution in [0.2, 0.25) is 13.1 Å².